The third kappa shape index (κ3) is 2.96. The summed E-state index contributed by atoms with van der Waals surface area (Å²) in [6.45, 7) is 5.30. The second kappa shape index (κ2) is 5.32. The number of rotatable bonds is 4. The topological polar surface area (TPSA) is 52.6 Å². The van der Waals surface area contributed by atoms with Crippen LogP contribution in [0, 0.1) is 0 Å². The van der Waals surface area contributed by atoms with Crippen molar-refractivity contribution in [3.8, 4) is 0 Å². The zero-order valence-electron chi connectivity index (χ0n) is 8.99. The largest absolute Gasteiger partial charge is 0.394 e. The summed E-state index contributed by atoms with van der Waals surface area (Å²) in [5.74, 6) is 0.107. The van der Waals surface area contributed by atoms with Gasteiger partial charge in [-0.05, 0) is 12.8 Å². The minimum absolute atomic E-state index is 0.0523. The molecule has 1 amide bonds. The molecule has 2 N–H and O–H groups in total. The monoisotopic (exact) mass is 200 g/mol. The van der Waals surface area contributed by atoms with E-state index < -0.39 is 0 Å². The van der Waals surface area contributed by atoms with Crippen LogP contribution in [-0.2, 0) is 4.79 Å². The van der Waals surface area contributed by atoms with Crippen LogP contribution in [0.4, 0.5) is 0 Å². The number of hydrogen-bond acceptors (Lipinski definition) is 3. The van der Waals surface area contributed by atoms with E-state index >= 15 is 0 Å². The molecule has 0 aliphatic carbocycles. The molecule has 1 atom stereocenters. The molecule has 1 aliphatic heterocycles. The number of amides is 1. The van der Waals surface area contributed by atoms with Crippen molar-refractivity contribution in [3.63, 3.8) is 0 Å². The lowest BCUT2D eigenvalue weighted by Crippen LogP contribution is -2.43. The van der Waals surface area contributed by atoms with Crippen molar-refractivity contribution in [1.82, 2.24) is 10.2 Å². The Hall–Kier alpha value is -0.610. The number of nitrogens with zero attached hydrogens (tertiary/aromatic N) is 1. The molecule has 0 aromatic heterocycles. The Kier molecular flexibility index (Phi) is 4.35. The van der Waals surface area contributed by atoms with Gasteiger partial charge in [-0.1, -0.05) is 13.8 Å². The van der Waals surface area contributed by atoms with E-state index in [0.29, 0.717) is 12.6 Å². The lowest BCUT2D eigenvalue weighted by molar-refractivity contribution is -0.131. The summed E-state index contributed by atoms with van der Waals surface area (Å²) in [4.78, 5) is 13.5. The molecule has 0 aromatic rings. The first kappa shape index (κ1) is 11.5. The van der Waals surface area contributed by atoms with Crippen molar-refractivity contribution in [2.45, 2.75) is 38.8 Å². The molecular weight excluding hydrogens is 180 g/mol. The Morgan fingerprint density at radius 2 is 2.36 bits per heavy atom. The maximum Gasteiger partial charge on any atom is 0.236 e. The summed E-state index contributed by atoms with van der Waals surface area (Å²) < 4.78 is 0. The molecule has 4 nitrogen and oxygen atoms in total. The summed E-state index contributed by atoms with van der Waals surface area (Å²) in [5, 5.41) is 12.1. The first-order chi connectivity index (χ1) is 6.65. The van der Waals surface area contributed by atoms with Crippen molar-refractivity contribution in [1.29, 1.82) is 0 Å². The van der Waals surface area contributed by atoms with Crippen molar-refractivity contribution in [2.75, 3.05) is 19.7 Å². The van der Waals surface area contributed by atoms with Crippen LogP contribution in [0.1, 0.15) is 26.7 Å². The minimum atomic E-state index is 0.0523. The highest BCUT2D eigenvalue weighted by Crippen LogP contribution is 2.16. The van der Waals surface area contributed by atoms with E-state index in [9.17, 15) is 4.79 Å². The van der Waals surface area contributed by atoms with E-state index in [0.717, 1.165) is 19.4 Å². The van der Waals surface area contributed by atoms with E-state index in [-0.39, 0.29) is 18.6 Å². The van der Waals surface area contributed by atoms with E-state index in [1.54, 1.807) is 4.90 Å². The molecule has 1 rings (SSSR count). The molecule has 1 fully saturated rings. The van der Waals surface area contributed by atoms with Gasteiger partial charge in [0, 0.05) is 12.6 Å². The average Bonchev–Trinajstić information content (AvgIpc) is 2.61. The highest BCUT2D eigenvalue weighted by molar-refractivity contribution is 5.78. The second-order valence-corrected chi connectivity index (χ2v) is 4.10. The maximum absolute atomic E-state index is 11.7. The van der Waals surface area contributed by atoms with Crippen LogP contribution in [-0.4, -0.2) is 47.7 Å². The van der Waals surface area contributed by atoms with Crippen molar-refractivity contribution in [3.05, 3.63) is 0 Å². The molecule has 1 saturated heterocycles. The summed E-state index contributed by atoms with van der Waals surface area (Å²) in [7, 11) is 0. The lowest BCUT2D eigenvalue weighted by Gasteiger charge is -2.23. The second-order valence-electron chi connectivity index (χ2n) is 4.10. The Morgan fingerprint density at radius 1 is 1.64 bits per heavy atom. The van der Waals surface area contributed by atoms with Crippen molar-refractivity contribution in [2.24, 2.45) is 0 Å². The van der Waals surface area contributed by atoms with Crippen LogP contribution in [0.2, 0.25) is 0 Å². The predicted octanol–water partition coefficient (Wildman–Crippen LogP) is -0.0323. The van der Waals surface area contributed by atoms with Gasteiger partial charge < -0.3 is 15.3 Å². The fraction of sp³-hybridized carbons (Fsp3) is 0.900. The van der Waals surface area contributed by atoms with Gasteiger partial charge in [0.05, 0.1) is 19.2 Å². The normalized spacial score (nSPS) is 22.0. The predicted molar refractivity (Wildman–Crippen MR) is 55.0 cm³/mol. The van der Waals surface area contributed by atoms with E-state index in [2.05, 4.69) is 5.32 Å². The number of hydrogen-bond donors (Lipinski definition) is 2. The van der Waals surface area contributed by atoms with Gasteiger partial charge >= 0.3 is 0 Å². The molecule has 14 heavy (non-hydrogen) atoms. The molecular formula is C10H20N2O2. The Morgan fingerprint density at radius 3 is 2.93 bits per heavy atom. The molecule has 82 valence electrons. The number of carbonyl (C=O) groups excluding carboxylic acids is 1. The molecule has 4 heteroatoms. The zero-order valence-corrected chi connectivity index (χ0v) is 8.99. The lowest BCUT2D eigenvalue weighted by atomic mass is 10.2. The van der Waals surface area contributed by atoms with Crippen LogP contribution in [0.25, 0.3) is 0 Å². The highest BCUT2D eigenvalue weighted by Gasteiger charge is 2.27. The van der Waals surface area contributed by atoms with Gasteiger partial charge in [-0.3, -0.25) is 4.79 Å². The number of aliphatic hydroxyl groups excluding tert-OH is 1. The van der Waals surface area contributed by atoms with Gasteiger partial charge in [0.2, 0.25) is 5.91 Å². The molecule has 0 spiro atoms. The van der Waals surface area contributed by atoms with Gasteiger partial charge in [0.15, 0.2) is 0 Å². The first-order valence-corrected chi connectivity index (χ1v) is 5.29. The van der Waals surface area contributed by atoms with E-state index in [1.807, 2.05) is 13.8 Å². The average molecular weight is 200 g/mol. The zero-order chi connectivity index (χ0) is 10.6. The fourth-order valence-electron chi connectivity index (χ4n) is 1.75. The van der Waals surface area contributed by atoms with Gasteiger partial charge in [-0.15, -0.1) is 0 Å². The molecule has 0 saturated carbocycles. The number of carbonyl (C=O) groups is 1. The van der Waals surface area contributed by atoms with Crippen molar-refractivity contribution >= 4 is 5.91 Å². The summed E-state index contributed by atoms with van der Waals surface area (Å²) in [6.07, 6.45) is 1.95. The molecule has 1 unspecified atom stereocenters. The third-order valence-corrected chi connectivity index (χ3v) is 2.57. The summed E-state index contributed by atoms with van der Waals surface area (Å²) in [5.41, 5.74) is 0. The first-order valence-electron chi connectivity index (χ1n) is 5.29. The molecule has 1 aliphatic rings. The number of nitrogens with one attached hydrogen (secondary N) is 1. The van der Waals surface area contributed by atoms with E-state index in [4.69, 9.17) is 5.11 Å². The molecule has 1 heterocycles. The molecule has 0 aromatic carbocycles. The summed E-state index contributed by atoms with van der Waals surface area (Å²) in [6, 6.07) is 0.380. The van der Waals surface area contributed by atoms with Gasteiger partial charge in [0.25, 0.3) is 0 Å². The fourth-order valence-corrected chi connectivity index (χ4v) is 1.75. The molecule has 0 bridgehead atoms. The van der Waals surface area contributed by atoms with Crippen LogP contribution in [0.3, 0.4) is 0 Å². The Labute approximate surface area is 85.3 Å². The highest BCUT2D eigenvalue weighted by atomic mass is 16.3. The maximum atomic E-state index is 11.7. The quantitative estimate of drug-likeness (QED) is 0.670. The van der Waals surface area contributed by atoms with Crippen LogP contribution in [0.5, 0.6) is 0 Å². The number of aliphatic hydroxyl groups is 1. The van der Waals surface area contributed by atoms with Crippen LogP contribution < -0.4 is 5.32 Å². The van der Waals surface area contributed by atoms with Gasteiger partial charge in [0.1, 0.15) is 0 Å². The van der Waals surface area contributed by atoms with Crippen molar-refractivity contribution < 1.29 is 9.90 Å². The molecule has 0 radical (unpaired) electrons. The smallest absolute Gasteiger partial charge is 0.236 e. The number of likely N-dealkylation sites (tertiary alicyclic amines) is 1. The minimum Gasteiger partial charge on any atom is -0.394 e. The standard InChI is InChI=1S/C10H20N2O2/c1-8(2)11-6-10(14)12-5-3-4-9(12)7-13/h8-9,11,13H,3-7H2,1-2H3. The van der Waals surface area contributed by atoms with Crippen LogP contribution in [0.15, 0.2) is 0 Å². The Bertz CT molecular complexity index is 195. The van der Waals surface area contributed by atoms with Gasteiger partial charge in [-0.25, -0.2) is 0 Å². The SMILES string of the molecule is CC(C)NCC(=O)N1CCCC1CO. The Balaban J connectivity index is 2.35. The summed E-state index contributed by atoms with van der Waals surface area (Å²) >= 11 is 0. The third-order valence-electron chi connectivity index (χ3n) is 2.57. The van der Waals surface area contributed by atoms with E-state index in [1.165, 1.54) is 0 Å². The van der Waals surface area contributed by atoms with Crippen LogP contribution >= 0.6 is 0 Å². The van der Waals surface area contributed by atoms with Gasteiger partial charge in [-0.2, -0.15) is 0 Å².